The summed E-state index contributed by atoms with van der Waals surface area (Å²) in [6.45, 7) is 6.11. The molecule has 0 spiro atoms. The second kappa shape index (κ2) is 9.94. The van der Waals surface area contributed by atoms with Crippen LogP contribution in [0.3, 0.4) is 0 Å². The number of piperidine rings is 1. The van der Waals surface area contributed by atoms with Crippen LogP contribution in [0.4, 0.5) is 0 Å². The third-order valence-electron chi connectivity index (χ3n) is 6.10. The lowest BCUT2D eigenvalue weighted by Gasteiger charge is -2.32. The predicted molar refractivity (Wildman–Crippen MR) is 127 cm³/mol. The average Bonchev–Trinajstić information content (AvgIpc) is 3.10. The Labute approximate surface area is 192 Å². The molecule has 1 aliphatic rings. The van der Waals surface area contributed by atoms with Crippen LogP contribution in [0.5, 0.6) is 5.75 Å². The Morgan fingerprint density at radius 3 is 2.21 bits per heavy atom. The molecular formula is C25H30N4O4. The minimum atomic E-state index is -0.188. The number of aromatic nitrogens is 2. The van der Waals surface area contributed by atoms with E-state index in [-0.39, 0.29) is 30.1 Å². The number of imidazole rings is 1. The summed E-state index contributed by atoms with van der Waals surface area (Å²) in [5.41, 5.74) is 2.05. The van der Waals surface area contributed by atoms with E-state index in [0.29, 0.717) is 44.6 Å². The molecule has 0 unspecified atom stereocenters. The Balaban J connectivity index is 1.33. The number of hydrogen-bond donors (Lipinski definition) is 1. The van der Waals surface area contributed by atoms with Crippen LogP contribution in [0.15, 0.2) is 53.3 Å². The van der Waals surface area contributed by atoms with Gasteiger partial charge in [-0.1, -0.05) is 12.1 Å². The first-order valence-corrected chi connectivity index (χ1v) is 11.5. The fraction of sp³-hybridized carbons (Fsp3) is 0.400. The van der Waals surface area contributed by atoms with Gasteiger partial charge in [0.2, 0.25) is 5.91 Å². The highest BCUT2D eigenvalue weighted by Crippen LogP contribution is 2.18. The number of likely N-dealkylation sites (tertiary alicyclic amines) is 1. The van der Waals surface area contributed by atoms with Gasteiger partial charge in [0.05, 0.1) is 17.6 Å². The van der Waals surface area contributed by atoms with Gasteiger partial charge in [-0.05, 0) is 63.1 Å². The topological polar surface area (TPSA) is 85.6 Å². The van der Waals surface area contributed by atoms with Crippen LogP contribution in [0, 0.1) is 0 Å². The van der Waals surface area contributed by atoms with Crippen LogP contribution in [0.2, 0.25) is 0 Å². The molecule has 8 heteroatoms. The molecule has 4 rings (SSSR count). The minimum Gasteiger partial charge on any atom is -0.494 e. The maximum Gasteiger partial charge on any atom is 0.329 e. The Hall–Kier alpha value is -3.55. The maximum atomic E-state index is 12.8. The van der Waals surface area contributed by atoms with Gasteiger partial charge in [-0.15, -0.1) is 0 Å². The standard InChI is InChI=1S/C25H30N4O4/c1-3-28-21-7-5-6-8-22(21)29(25(28)32)17-23(30)26-19-13-15-27(16-14-19)24(31)18-9-11-20(12-10-18)33-4-2/h5-12,19H,3-4,13-17H2,1-2H3,(H,26,30). The molecular weight excluding hydrogens is 420 g/mol. The summed E-state index contributed by atoms with van der Waals surface area (Å²) in [7, 11) is 0. The van der Waals surface area contributed by atoms with Crippen molar-refractivity contribution in [3.8, 4) is 5.75 Å². The molecule has 1 aliphatic heterocycles. The number of fused-ring (bicyclic) bond motifs is 1. The molecule has 0 aliphatic carbocycles. The SMILES string of the molecule is CCOc1ccc(C(=O)N2CCC(NC(=O)Cn3c(=O)n(CC)c4ccccc43)CC2)cc1. The molecule has 8 nitrogen and oxygen atoms in total. The molecule has 1 N–H and O–H groups in total. The van der Waals surface area contributed by atoms with Gasteiger partial charge >= 0.3 is 5.69 Å². The highest BCUT2D eigenvalue weighted by molar-refractivity contribution is 5.94. The largest absolute Gasteiger partial charge is 0.494 e. The monoisotopic (exact) mass is 450 g/mol. The lowest BCUT2D eigenvalue weighted by molar-refractivity contribution is -0.122. The van der Waals surface area contributed by atoms with E-state index in [1.54, 1.807) is 28.8 Å². The molecule has 2 amide bonds. The first kappa shape index (κ1) is 22.6. The Bertz CT molecular complexity index is 1190. The van der Waals surface area contributed by atoms with Gasteiger partial charge in [-0.25, -0.2) is 4.79 Å². The molecule has 0 bridgehead atoms. The molecule has 2 aromatic carbocycles. The summed E-state index contributed by atoms with van der Waals surface area (Å²) < 4.78 is 8.63. The third-order valence-corrected chi connectivity index (χ3v) is 6.10. The van der Waals surface area contributed by atoms with E-state index in [4.69, 9.17) is 4.74 Å². The summed E-state index contributed by atoms with van der Waals surface area (Å²) in [6, 6.07) is 14.7. The van der Waals surface area contributed by atoms with Crippen LogP contribution in [-0.4, -0.2) is 51.6 Å². The molecule has 1 fully saturated rings. The Kier molecular flexibility index (Phi) is 6.82. The van der Waals surface area contributed by atoms with E-state index < -0.39 is 0 Å². The number of carbonyl (C=O) groups excluding carboxylic acids is 2. The molecule has 0 atom stereocenters. The second-order valence-electron chi connectivity index (χ2n) is 8.19. The first-order valence-electron chi connectivity index (χ1n) is 11.5. The van der Waals surface area contributed by atoms with Gasteiger partial charge < -0.3 is 15.0 Å². The van der Waals surface area contributed by atoms with Crippen LogP contribution in [0.25, 0.3) is 11.0 Å². The smallest absolute Gasteiger partial charge is 0.329 e. The second-order valence-corrected chi connectivity index (χ2v) is 8.19. The quantitative estimate of drug-likeness (QED) is 0.600. The molecule has 174 valence electrons. The molecule has 1 aromatic heterocycles. The zero-order chi connectivity index (χ0) is 23.4. The Morgan fingerprint density at radius 2 is 1.61 bits per heavy atom. The minimum absolute atomic E-state index is 0.0123. The number of amides is 2. The van der Waals surface area contributed by atoms with Crippen molar-refractivity contribution in [3.05, 3.63) is 64.6 Å². The predicted octanol–water partition coefficient (Wildman–Crippen LogP) is 2.64. The number of para-hydroxylation sites is 2. The number of benzene rings is 2. The van der Waals surface area contributed by atoms with Crippen molar-refractivity contribution in [3.63, 3.8) is 0 Å². The number of ether oxygens (including phenoxy) is 1. The fourth-order valence-electron chi connectivity index (χ4n) is 4.42. The number of carbonyl (C=O) groups is 2. The maximum absolute atomic E-state index is 12.8. The Morgan fingerprint density at radius 1 is 0.970 bits per heavy atom. The van der Waals surface area contributed by atoms with Crippen molar-refractivity contribution in [2.75, 3.05) is 19.7 Å². The van der Waals surface area contributed by atoms with Crippen LogP contribution < -0.4 is 15.7 Å². The van der Waals surface area contributed by atoms with Gasteiger partial charge in [-0.2, -0.15) is 0 Å². The van der Waals surface area contributed by atoms with Gasteiger partial charge in [-0.3, -0.25) is 18.7 Å². The van der Waals surface area contributed by atoms with Crippen LogP contribution in [-0.2, 0) is 17.9 Å². The highest BCUT2D eigenvalue weighted by Gasteiger charge is 2.25. The summed E-state index contributed by atoms with van der Waals surface area (Å²) in [5, 5.41) is 3.04. The summed E-state index contributed by atoms with van der Waals surface area (Å²) in [6.07, 6.45) is 1.36. The zero-order valence-corrected chi connectivity index (χ0v) is 19.1. The van der Waals surface area contributed by atoms with Gasteiger partial charge in [0, 0.05) is 31.2 Å². The van der Waals surface area contributed by atoms with Crippen molar-refractivity contribution in [2.45, 2.75) is 45.8 Å². The summed E-state index contributed by atoms with van der Waals surface area (Å²) >= 11 is 0. The lowest BCUT2D eigenvalue weighted by Crippen LogP contribution is -2.47. The number of nitrogens with zero attached hydrogens (tertiary/aromatic N) is 3. The fourth-order valence-corrected chi connectivity index (χ4v) is 4.42. The average molecular weight is 451 g/mol. The molecule has 0 radical (unpaired) electrons. The molecule has 33 heavy (non-hydrogen) atoms. The molecule has 0 saturated carbocycles. The van der Waals surface area contributed by atoms with Crippen LogP contribution >= 0.6 is 0 Å². The first-order chi connectivity index (χ1) is 16.0. The molecule has 1 saturated heterocycles. The van der Waals surface area contributed by atoms with Crippen molar-refractivity contribution in [1.82, 2.24) is 19.4 Å². The van der Waals surface area contributed by atoms with E-state index in [1.165, 1.54) is 4.57 Å². The van der Waals surface area contributed by atoms with Crippen molar-refractivity contribution in [1.29, 1.82) is 0 Å². The van der Waals surface area contributed by atoms with Gasteiger partial charge in [0.1, 0.15) is 12.3 Å². The normalized spacial score (nSPS) is 14.4. The van der Waals surface area contributed by atoms with Crippen molar-refractivity contribution in [2.24, 2.45) is 0 Å². The van der Waals surface area contributed by atoms with Crippen molar-refractivity contribution < 1.29 is 14.3 Å². The zero-order valence-electron chi connectivity index (χ0n) is 19.1. The van der Waals surface area contributed by atoms with E-state index >= 15 is 0 Å². The lowest BCUT2D eigenvalue weighted by atomic mass is 10.0. The van der Waals surface area contributed by atoms with E-state index in [0.717, 1.165) is 16.8 Å². The van der Waals surface area contributed by atoms with Crippen LogP contribution in [0.1, 0.15) is 37.0 Å². The summed E-state index contributed by atoms with van der Waals surface area (Å²) in [4.78, 5) is 40.1. The van der Waals surface area contributed by atoms with E-state index in [9.17, 15) is 14.4 Å². The van der Waals surface area contributed by atoms with Crippen molar-refractivity contribution >= 4 is 22.8 Å². The third kappa shape index (κ3) is 4.79. The van der Waals surface area contributed by atoms with Gasteiger partial charge in [0.25, 0.3) is 5.91 Å². The highest BCUT2D eigenvalue weighted by atomic mass is 16.5. The number of rotatable bonds is 7. The summed E-state index contributed by atoms with van der Waals surface area (Å²) in [5.74, 6) is 0.547. The van der Waals surface area contributed by atoms with E-state index in [1.807, 2.05) is 43.0 Å². The number of aryl methyl sites for hydroxylation is 1. The number of nitrogens with one attached hydrogen (secondary N) is 1. The van der Waals surface area contributed by atoms with Gasteiger partial charge in [0.15, 0.2) is 0 Å². The number of hydrogen-bond acceptors (Lipinski definition) is 4. The molecule has 2 heterocycles. The van der Waals surface area contributed by atoms with E-state index in [2.05, 4.69) is 5.32 Å². The molecule has 3 aromatic rings.